The summed E-state index contributed by atoms with van der Waals surface area (Å²) in [7, 11) is 0. The number of rotatable bonds is 10. The number of hydrogen-bond acceptors (Lipinski definition) is 4. The van der Waals surface area contributed by atoms with Crippen molar-refractivity contribution in [1.82, 2.24) is 5.32 Å². The summed E-state index contributed by atoms with van der Waals surface area (Å²) in [6, 6.07) is 8.60. The molecule has 0 fully saturated rings. The molecule has 0 heterocycles. The highest BCUT2D eigenvalue weighted by atomic mass is 16.5. The van der Waals surface area contributed by atoms with Crippen LogP contribution >= 0.6 is 0 Å². The smallest absolute Gasteiger partial charge is 0.0897 e. The van der Waals surface area contributed by atoms with Crippen molar-refractivity contribution in [2.75, 3.05) is 33.0 Å². The molecule has 20 heavy (non-hydrogen) atoms. The maximum Gasteiger partial charge on any atom is 0.0897 e. The molecule has 0 aliphatic carbocycles. The van der Waals surface area contributed by atoms with Crippen molar-refractivity contribution in [1.29, 1.82) is 0 Å². The Morgan fingerprint density at radius 2 is 2.00 bits per heavy atom. The molecule has 1 aromatic carbocycles. The van der Waals surface area contributed by atoms with Gasteiger partial charge in [0, 0.05) is 19.2 Å². The Hall–Kier alpha value is -0.940. The lowest BCUT2D eigenvalue weighted by Gasteiger charge is -2.18. The molecule has 1 aromatic rings. The second-order valence-corrected chi connectivity index (χ2v) is 4.97. The first-order valence-corrected chi connectivity index (χ1v) is 7.27. The Kier molecular flexibility index (Phi) is 8.46. The third-order valence-corrected chi connectivity index (χ3v) is 3.09. The summed E-state index contributed by atoms with van der Waals surface area (Å²) in [4.78, 5) is 0. The molecule has 0 bridgehead atoms. The standard InChI is InChI=1S/C16H27NO3/c1-4-19-8-9-20-12-16(18)11-17-14(3)15-7-5-6-13(2)10-15/h5-7,10,14,16-18H,4,8-9,11-12H2,1-3H3/t14-,16?/m1/s1. The molecule has 1 unspecified atom stereocenters. The first kappa shape index (κ1) is 17.1. The van der Waals surface area contributed by atoms with Crippen molar-refractivity contribution in [2.45, 2.75) is 32.9 Å². The summed E-state index contributed by atoms with van der Waals surface area (Å²) in [5.74, 6) is 0. The molecular formula is C16H27NO3. The van der Waals surface area contributed by atoms with Gasteiger partial charge in [-0.1, -0.05) is 29.8 Å². The number of ether oxygens (including phenoxy) is 2. The van der Waals surface area contributed by atoms with Crippen LogP contribution in [0, 0.1) is 6.92 Å². The minimum atomic E-state index is -0.496. The quantitative estimate of drug-likeness (QED) is 0.645. The van der Waals surface area contributed by atoms with Crippen LogP contribution in [0.1, 0.15) is 31.0 Å². The number of hydrogen-bond donors (Lipinski definition) is 2. The van der Waals surface area contributed by atoms with Gasteiger partial charge in [-0.2, -0.15) is 0 Å². The topological polar surface area (TPSA) is 50.7 Å². The van der Waals surface area contributed by atoms with E-state index >= 15 is 0 Å². The Labute approximate surface area is 122 Å². The van der Waals surface area contributed by atoms with E-state index in [0.29, 0.717) is 33.0 Å². The summed E-state index contributed by atoms with van der Waals surface area (Å²) in [5, 5.41) is 13.1. The molecule has 0 aliphatic rings. The van der Waals surface area contributed by atoms with E-state index in [-0.39, 0.29) is 6.04 Å². The minimum absolute atomic E-state index is 0.216. The molecule has 1 rings (SSSR count). The minimum Gasteiger partial charge on any atom is -0.389 e. The van der Waals surface area contributed by atoms with E-state index in [2.05, 4.69) is 43.4 Å². The number of benzene rings is 1. The van der Waals surface area contributed by atoms with Crippen LogP contribution in [0.3, 0.4) is 0 Å². The summed E-state index contributed by atoms with van der Waals surface area (Å²) in [6.07, 6.45) is -0.496. The monoisotopic (exact) mass is 281 g/mol. The fraction of sp³-hybridized carbons (Fsp3) is 0.625. The Morgan fingerprint density at radius 3 is 2.70 bits per heavy atom. The van der Waals surface area contributed by atoms with Crippen LogP contribution in [-0.4, -0.2) is 44.2 Å². The largest absolute Gasteiger partial charge is 0.389 e. The average Bonchev–Trinajstić information content (AvgIpc) is 2.44. The Balaban J connectivity index is 2.18. The zero-order valence-electron chi connectivity index (χ0n) is 12.8. The fourth-order valence-electron chi connectivity index (χ4n) is 1.91. The summed E-state index contributed by atoms with van der Waals surface area (Å²) in [5.41, 5.74) is 2.48. The molecule has 0 amide bonds. The van der Waals surface area contributed by atoms with E-state index in [1.165, 1.54) is 11.1 Å². The van der Waals surface area contributed by atoms with Crippen molar-refractivity contribution >= 4 is 0 Å². The third-order valence-electron chi connectivity index (χ3n) is 3.09. The SMILES string of the molecule is CCOCCOCC(O)CN[C@H](C)c1cccc(C)c1. The van der Waals surface area contributed by atoms with Gasteiger partial charge in [0.2, 0.25) is 0 Å². The average molecular weight is 281 g/mol. The van der Waals surface area contributed by atoms with Gasteiger partial charge in [0.05, 0.1) is 25.9 Å². The molecule has 0 aliphatic heterocycles. The highest BCUT2D eigenvalue weighted by Gasteiger charge is 2.09. The van der Waals surface area contributed by atoms with Crippen LogP contribution in [0.15, 0.2) is 24.3 Å². The van der Waals surface area contributed by atoms with Crippen LogP contribution in [0.5, 0.6) is 0 Å². The van der Waals surface area contributed by atoms with Gasteiger partial charge in [0.15, 0.2) is 0 Å². The van der Waals surface area contributed by atoms with Gasteiger partial charge >= 0.3 is 0 Å². The zero-order valence-corrected chi connectivity index (χ0v) is 12.8. The molecule has 0 saturated carbocycles. The van der Waals surface area contributed by atoms with E-state index in [1.807, 2.05) is 6.92 Å². The molecule has 2 atom stereocenters. The van der Waals surface area contributed by atoms with Crippen molar-refractivity contribution in [3.8, 4) is 0 Å². The summed E-state index contributed by atoms with van der Waals surface area (Å²) >= 11 is 0. The van der Waals surface area contributed by atoms with Crippen molar-refractivity contribution < 1.29 is 14.6 Å². The first-order valence-electron chi connectivity index (χ1n) is 7.27. The predicted molar refractivity (Wildman–Crippen MR) is 80.9 cm³/mol. The van der Waals surface area contributed by atoms with Gasteiger partial charge in [0.25, 0.3) is 0 Å². The molecular weight excluding hydrogens is 254 g/mol. The lowest BCUT2D eigenvalue weighted by molar-refractivity contribution is 0.00586. The zero-order chi connectivity index (χ0) is 14.8. The Morgan fingerprint density at radius 1 is 1.25 bits per heavy atom. The third kappa shape index (κ3) is 7.01. The van der Waals surface area contributed by atoms with Gasteiger partial charge in [-0.15, -0.1) is 0 Å². The molecule has 0 spiro atoms. The van der Waals surface area contributed by atoms with Crippen molar-refractivity contribution in [3.63, 3.8) is 0 Å². The van der Waals surface area contributed by atoms with E-state index < -0.39 is 6.10 Å². The number of nitrogens with one attached hydrogen (secondary N) is 1. The summed E-state index contributed by atoms with van der Waals surface area (Å²) < 4.78 is 10.5. The maximum atomic E-state index is 9.83. The van der Waals surface area contributed by atoms with Crippen LogP contribution in [-0.2, 0) is 9.47 Å². The normalized spacial score (nSPS) is 14.2. The molecule has 4 heteroatoms. The van der Waals surface area contributed by atoms with Crippen LogP contribution < -0.4 is 5.32 Å². The first-order chi connectivity index (χ1) is 9.63. The van der Waals surface area contributed by atoms with Gasteiger partial charge in [0.1, 0.15) is 0 Å². The van der Waals surface area contributed by atoms with E-state index in [4.69, 9.17) is 9.47 Å². The number of aryl methyl sites for hydroxylation is 1. The Bertz CT molecular complexity index is 370. The second-order valence-electron chi connectivity index (χ2n) is 4.97. The lowest BCUT2D eigenvalue weighted by atomic mass is 10.1. The van der Waals surface area contributed by atoms with Crippen molar-refractivity contribution in [3.05, 3.63) is 35.4 Å². The van der Waals surface area contributed by atoms with Crippen LogP contribution in [0.4, 0.5) is 0 Å². The molecule has 0 radical (unpaired) electrons. The number of aliphatic hydroxyl groups excluding tert-OH is 1. The van der Waals surface area contributed by atoms with Gasteiger partial charge in [-0.25, -0.2) is 0 Å². The van der Waals surface area contributed by atoms with Crippen molar-refractivity contribution in [2.24, 2.45) is 0 Å². The van der Waals surface area contributed by atoms with E-state index in [0.717, 1.165) is 0 Å². The molecule has 2 N–H and O–H groups in total. The maximum absolute atomic E-state index is 9.83. The van der Waals surface area contributed by atoms with Gasteiger partial charge in [-0.05, 0) is 26.3 Å². The van der Waals surface area contributed by atoms with E-state index in [1.54, 1.807) is 0 Å². The lowest BCUT2D eigenvalue weighted by Crippen LogP contribution is -2.32. The highest BCUT2D eigenvalue weighted by Crippen LogP contribution is 2.13. The summed E-state index contributed by atoms with van der Waals surface area (Å²) in [6.45, 7) is 8.78. The number of aliphatic hydroxyl groups is 1. The van der Waals surface area contributed by atoms with Crippen LogP contribution in [0.2, 0.25) is 0 Å². The van der Waals surface area contributed by atoms with Gasteiger partial charge < -0.3 is 19.9 Å². The predicted octanol–water partition coefficient (Wildman–Crippen LogP) is 2.06. The molecule has 0 aromatic heterocycles. The molecule has 0 saturated heterocycles. The second kappa shape index (κ2) is 9.88. The fourth-order valence-corrected chi connectivity index (χ4v) is 1.91. The molecule has 114 valence electrons. The van der Waals surface area contributed by atoms with Crippen LogP contribution in [0.25, 0.3) is 0 Å². The molecule has 4 nitrogen and oxygen atoms in total. The van der Waals surface area contributed by atoms with E-state index in [9.17, 15) is 5.11 Å². The van der Waals surface area contributed by atoms with Gasteiger partial charge in [-0.3, -0.25) is 0 Å². The highest BCUT2D eigenvalue weighted by molar-refractivity contribution is 5.24.